The van der Waals surface area contributed by atoms with Gasteiger partial charge in [0.25, 0.3) is 0 Å². The monoisotopic (exact) mass is 194 g/mol. The number of carbonyl (C=O) groups excluding carboxylic acids is 1. The summed E-state index contributed by atoms with van der Waals surface area (Å²) in [5.41, 5.74) is 0.884. The average molecular weight is 194 g/mol. The molecule has 1 aromatic rings. The Bertz CT molecular complexity index is 346. The summed E-state index contributed by atoms with van der Waals surface area (Å²) in [6, 6.07) is 2.04. The molecule has 1 aliphatic heterocycles. The molecule has 0 N–H and O–H groups in total. The molecule has 2 rings (SSSR count). The van der Waals surface area contributed by atoms with E-state index in [9.17, 15) is 4.79 Å². The van der Waals surface area contributed by atoms with Gasteiger partial charge in [0.05, 0.1) is 6.04 Å². The first-order valence-electron chi connectivity index (χ1n) is 4.89. The Hall–Kier alpha value is -1.32. The second-order valence-electron chi connectivity index (χ2n) is 3.73. The summed E-state index contributed by atoms with van der Waals surface area (Å²) in [7, 11) is 0. The van der Waals surface area contributed by atoms with Gasteiger partial charge in [-0.2, -0.15) is 0 Å². The fourth-order valence-corrected chi connectivity index (χ4v) is 1.99. The van der Waals surface area contributed by atoms with Crippen molar-refractivity contribution in [1.82, 2.24) is 10.1 Å². The van der Waals surface area contributed by atoms with Gasteiger partial charge in [-0.05, 0) is 19.8 Å². The van der Waals surface area contributed by atoms with E-state index in [4.69, 9.17) is 4.52 Å². The van der Waals surface area contributed by atoms with Gasteiger partial charge in [-0.15, -0.1) is 0 Å². The highest BCUT2D eigenvalue weighted by atomic mass is 16.5. The van der Waals surface area contributed by atoms with E-state index >= 15 is 0 Å². The third kappa shape index (κ3) is 1.52. The molecule has 1 aliphatic rings. The molecule has 0 radical (unpaired) electrons. The number of hydrogen-bond donors (Lipinski definition) is 0. The van der Waals surface area contributed by atoms with Crippen molar-refractivity contribution in [1.29, 1.82) is 0 Å². The lowest BCUT2D eigenvalue weighted by Crippen LogP contribution is -2.28. The number of amides is 1. The van der Waals surface area contributed by atoms with Gasteiger partial charge < -0.3 is 9.42 Å². The first-order valence-corrected chi connectivity index (χ1v) is 4.89. The van der Waals surface area contributed by atoms with Gasteiger partial charge in [-0.3, -0.25) is 4.79 Å². The molecule has 0 saturated carbocycles. The number of aromatic nitrogens is 1. The lowest BCUT2D eigenvalue weighted by molar-refractivity contribution is -0.129. The van der Waals surface area contributed by atoms with Gasteiger partial charge in [-0.25, -0.2) is 0 Å². The molecule has 0 aromatic carbocycles. The van der Waals surface area contributed by atoms with Crippen molar-refractivity contribution < 1.29 is 9.32 Å². The van der Waals surface area contributed by atoms with E-state index in [-0.39, 0.29) is 11.9 Å². The fraction of sp³-hybridized carbons (Fsp3) is 0.600. The van der Waals surface area contributed by atoms with Crippen molar-refractivity contribution in [3.05, 3.63) is 17.5 Å². The van der Waals surface area contributed by atoms with Crippen LogP contribution in [0.15, 0.2) is 10.6 Å². The highest BCUT2D eigenvalue weighted by Crippen LogP contribution is 2.31. The summed E-state index contributed by atoms with van der Waals surface area (Å²) in [6.07, 6.45) is 2.04. The highest BCUT2D eigenvalue weighted by Gasteiger charge is 2.29. The van der Waals surface area contributed by atoms with Crippen molar-refractivity contribution in [2.75, 3.05) is 6.54 Å². The Balaban J connectivity index is 2.21. The predicted molar refractivity (Wildman–Crippen MR) is 50.6 cm³/mol. The molecule has 0 spiro atoms. The Morgan fingerprint density at radius 3 is 3.07 bits per heavy atom. The zero-order chi connectivity index (χ0) is 10.1. The maximum Gasteiger partial charge on any atom is 0.220 e. The number of hydrogen-bond acceptors (Lipinski definition) is 3. The molecule has 4 heteroatoms. The molecule has 2 heterocycles. The SMILES string of the molecule is CC(=O)N1CCC[C@H]1c1cc(C)on1. The van der Waals surface area contributed by atoms with Crippen molar-refractivity contribution in [2.24, 2.45) is 0 Å². The molecule has 1 aromatic heterocycles. The van der Waals surface area contributed by atoms with Crippen LogP contribution >= 0.6 is 0 Å². The topological polar surface area (TPSA) is 46.3 Å². The second-order valence-corrected chi connectivity index (χ2v) is 3.73. The number of likely N-dealkylation sites (tertiary alicyclic amines) is 1. The van der Waals surface area contributed by atoms with Crippen LogP contribution in [0.3, 0.4) is 0 Å². The normalized spacial score (nSPS) is 21.6. The van der Waals surface area contributed by atoms with Crippen LogP contribution in [0.4, 0.5) is 0 Å². The van der Waals surface area contributed by atoms with E-state index in [1.54, 1.807) is 6.92 Å². The molecular formula is C10H14N2O2. The molecular weight excluding hydrogens is 180 g/mol. The lowest BCUT2D eigenvalue weighted by atomic mass is 10.1. The van der Waals surface area contributed by atoms with E-state index in [2.05, 4.69) is 5.16 Å². The van der Waals surface area contributed by atoms with Gasteiger partial charge in [-0.1, -0.05) is 5.16 Å². The molecule has 1 atom stereocenters. The number of nitrogens with zero attached hydrogens (tertiary/aromatic N) is 2. The van der Waals surface area contributed by atoms with Crippen molar-refractivity contribution in [3.8, 4) is 0 Å². The zero-order valence-electron chi connectivity index (χ0n) is 8.49. The molecule has 1 amide bonds. The zero-order valence-corrected chi connectivity index (χ0v) is 8.49. The van der Waals surface area contributed by atoms with Crippen molar-refractivity contribution in [2.45, 2.75) is 32.7 Å². The van der Waals surface area contributed by atoms with E-state index < -0.39 is 0 Å². The largest absolute Gasteiger partial charge is 0.361 e. The van der Waals surface area contributed by atoms with Gasteiger partial charge in [0.2, 0.25) is 5.91 Å². The van der Waals surface area contributed by atoms with E-state index in [1.165, 1.54) is 0 Å². The first-order chi connectivity index (χ1) is 6.68. The number of aryl methyl sites for hydroxylation is 1. The smallest absolute Gasteiger partial charge is 0.220 e. The molecule has 0 bridgehead atoms. The maximum absolute atomic E-state index is 11.3. The van der Waals surface area contributed by atoms with Crippen LogP contribution in [-0.4, -0.2) is 22.5 Å². The fourth-order valence-electron chi connectivity index (χ4n) is 1.99. The minimum absolute atomic E-state index is 0.119. The summed E-state index contributed by atoms with van der Waals surface area (Å²) >= 11 is 0. The van der Waals surface area contributed by atoms with Crippen LogP contribution in [0.1, 0.15) is 37.3 Å². The molecule has 1 fully saturated rings. The van der Waals surface area contributed by atoms with Crippen LogP contribution in [0.5, 0.6) is 0 Å². The third-order valence-electron chi connectivity index (χ3n) is 2.64. The standard InChI is InChI=1S/C10H14N2O2/c1-7-6-9(11-14-7)10-4-3-5-12(10)8(2)13/h6,10H,3-5H2,1-2H3/t10-/m0/s1. The molecule has 1 saturated heterocycles. The summed E-state index contributed by atoms with van der Waals surface area (Å²) in [6.45, 7) is 4.31. The van der Waals surface area contributed by atoms with E-state index in [0.717, 1.165) is 30.8 Å². The molecule has 4 nitrogen and oxygen atoms in total. The minimum atomic E-state index is 0.119. The Morgan fingerprint density at radius 2 is 2.50 bits per heavy atom. The predicted octanol–water partition coefficient (Wildman–Crippen LogP) is 1.67. The second kappa shape index (κ2) is 3.44. The number of carbonyl (C=O) groups is 1. The third-order valence-corrected chi connectivity index (χ3v) is 2.64. The summed E-state index contributed by atoms with van der Waals surface area (Å²) in [5, 5.41) is 3.96. The van der Waals surface area contributed by atoms with Crippen LogP contribution in [-0.2, 0) is 4.79 Å². The van der Waals surface area contributed by atoms with Crippen LogP contribution in [0.25, 0.3) is 0 Å². The molecule has 76 valence electrons. The van der Waals surface area contributed by atoms with Gasteiger partial charge in [0, 0.05) is 19.5 Å². The lowest BCUT2D eigenvalue weighted by Gasteiger charge is -2.20. The Labute approximate surface area is 82.9 Å². The summed E-state index contributed by atoms with van der Waals surface area (Å²) < 4.78 is 5.02. The molecule has 14 heavy (non-hydrogen) atoms. The van der Waals surface area contributed by atoms with Crippen LogP contribution in [0, 0.1) is 6.92 Å². The van der Waals surface area contributed by atoms with Crippen molar-refractivity contribution in [3.63, 3.8) is 0 Å². The molecule has 0 aliphatic carbocycles. The van der Waals surface area contributed by atoms with Gasteiger partial charge in [0.15, 0.2) is 0 Å². The van der Waals surface area contributed by atoms with Crippen molar-refractivity contribution >= 4 is 5.91 Å². The maximum atomic E-state index is 11.3. The van der Waals surface area contributed by atoms with Crippen LogP contribution in [0.2, 0.25) is 0 Å². The quantitative estimate of drug-likeness (QED) is 0.683. The van der Waals surface area contributed by atoms with E-state index in [1.807, 2.05) is 17.9 Å². The molecule has 0 unspecified atom stereocenters. The Morgan fingerprint density at radius 1 is 1.71 bits per heavy atom. The van der Waals surface area contributed by atoms with E-state index in [0.29, 0.717) is 0 Å². The van der Waals surface area contributed by atoms with Crippen LogP contribution < -0.4 is 0 Å². The highest BCUT2D eigenvalue weighted by molar-refractivity contribution is 5.74. The van der Waals surface area contributed by atoms with Gasteiger partial charge >= 0.3 is 0 Å². The summed E-state index contributed by atoms with van der Waals surface area (Å²) in [4.78, 5) is 13.2. The number of rotatable bonds is 1. The summed E-state index contributed by atoms with van der Waals surface area (Å²) in [5.74, 6) is 0.920. The average Bonchev–Trinajstić information content (AvgIpc) is 2.70. The minimum Gasteiger partial charge on any atom is -0.361 e. The van der Waals surface area contributed by atoms with Gasteiger partial charge in [0.1, 0.15) is 11.5 Å². The Kier molecular flexibility index (Phi) is 2.27. The first kappa shape index (κ1) is 9.24.